The Hall–Kier alpha value is -3.20. The van der Waals surface area contributed by atoms with Crippen LogP contribution in [-0.4, -0.2) is 30.6 Å². The molecule has 1 unspecified atom stereocenters. The summed E-state index contributed by atoms with van der Waals surface area (Å²) < 4.78 is 32.9. The van der Waals surface area contributed by atoms with E-state index in [0.717, 1.165) is 6.07 Å². The smallest absolute Gasteiger partial charge is 0.407 e. The molecule has 3 amide bonds. The van der Waals surface area contributed by atoms with E-state index in [1.807, 2.05) is 0 Å². The number of β-lactam (4-membered cyclic amide) rings is 1. The molecule has 0 bridgehead atoms. The Bertz CT molecular complexity index is 1070. The summed E-state index contributed by atoms with van der Waals surface area (Å²) in [5.41, 5.74) is 1.28. The number of halogens is 3. The molecule has 0 aromatic heterocycles. The summed E-state index contributed by atoms with van der Waals surface area (Å²) in [6.07, 6.45) is 0.346. The molecule has 2 aromatic rings. The Labute approximate surface area is 181 Å². The van der Waals surface area contributed by atoms with Crippen molar-refractivity contribution in [1.82, 2.24) is 10.6 Å². The number of fused-ring (bicyclic) bond motifs is 1. The second kappa shape index (κ2) is 8.50. The lowest BCUT2D eigenvalue weighted by molar-refractivity contribution is -0.129. The fourth-order valence-electron chi connectivity index (χ4n) is 3.74. The zero-order chi connectivity index (χ0) is 22.1. The van der Waals surface area contributed by atoms with Gasteiger partial charge in [-0.2, -0.15) is 0 Å². The summed E-state index contributed by atoms with van der Waals surface area (Å²) in [7, 11) is 0. The van der Waals surface area contributed by atoms with Crippen molar-refractivity contribution >= 4 is 35.2 Å². The van der Waals surface area contributed by atoms with E-state index in [1.54, 1.807) is 0 Å². The molecular weight excluding hydrogens is 432 g/mol. The summed E-state index contributed by atoms with van der Waals surface area (Å²) in [4.78, 5) is 35.7. The van der Waals surface area contributed by atoms with E-state index in [9.17, 15) is 23.2 Å². The van der Waals surface area contributed by atoms with Crippen molar-refractivity contribution in [3.05, 3.63) is 63.7 Å². The zero-order valence-corrected chi connectivity index (χ0v) is 16.9. The summed E-state index contributed by atoms with van der Waals surface area (Å²) >= 11 is 5.74. The first-order valence-corrected chi connectivity index (χ1v) is 10.00. The number of hydrogen-bond donors (Lipinski definition) is 3. The third-order valence-electron chi connectivity index (χ3n) is 5.26. The average Bonchev–Trinajstić information content (AvgIpc) is 3.12. The highest BCUT2D eigenvalue weighted by Crippen LogP contribution is 2.36. The highest BCUT2D eigenvalue weighted by Gasteiger charge is 2.32. The van der Waals surface area contributed by atoms with Crippen LogP contribution in [0.3, 0.4) is 0 Å². The zero-order valence-electron chi connectivity index (χ0n) is 16.1. The summed E-state index contributed by atoms with van der Waals surface area (Å²) in [6.45, 7) is 0.0301. The number of hydrogen-bond acceptors (Lipinski definition) is 4. The molecule has 1 saturated heterocycles. The molecule has 1 heterocycles. The van der Waals surface area contributed by atoms with Crippen molar-refractivity contribution in [3.63, 3.8) is 0 Å². The molecule has 0 radical (unpaired) electrons. The molecule has 0 spiro atoms. The fourth-order valence-corrected chi connectivity index (χ4v) is 3.92. The molecular formula is C21H18ClF2N3O4. The number of amides is 3. The topological polar surface area (TPSA) is 96.5 Å². The van der Waals surface area contributed by atoms with Gasteiger partial charge in [-0.25, -0.2) is 13.6 Å². The predicted molar refractivity (Wildman–Crippen MR) is 108 cm³/mol. The van der Waals surface area contributed by atoms with Gasteiger partial charge in [-0.05, 0) is 48.7 Å². The Morgan fingerprint density at radius 1 is 1.19 bits per heavy atom. The van der Waals surface area contributed by atoms with Crippen molar-refractivity contribution in [2.24, 2.45) is 0 Å². The van der Waals surface area contributed by atoms with Gasteiger partial charge in [0.25, 0.3) is 5.91 Å². The van der Waals surface area contributed by atoms with Crippen LogP contribution in [0.15, 0.2) is 30.3 Å². The number of nitrogens with one attached hydrogen (secondary N) is 3. The third kappa shape index (κ3) is 4.46. The minimum absolute atomic E-state index is 0.0301. The van der Waals surface area contributed by atoms with Crippen LogP contribution in [-0.2, 0) is 16.0 Å². The average molecular weight is 450 g/mol. The largest absolute Gasteiger partial charge is 0.447 e. The minimum Gasteiger partial charge on any atom is -0.447 e. The number of benzene rings is 2. The number of anilines is 1. The Morgan fingerprint density at radius 3 is 2.65 bits per heavy atom. The van der Waals surface area contributed by atoms with Crippen LogP contribution < -0.4 is 16.0 Å². The van der Waals surface area contributed by atoms with E-state index in [4.69, 9.17) is 16.3 Å². The van der Waals surface area contributed by atoms with Gasteiger partial charge in [-0.3, -0.25) is 9.59 Å². The Kier molecular flexibility index (Phi) is 5.77. The fraction of sp³-hybridized carbons (Fsp3) is 0.286. The molecule has 3 N–H and O–H groups in total. The normalized spacial score (nSPS) is 19.1. The predicted octanol–water partition coefficient (Wildman–Crippen LogP) is 3.47. The maximum absolute atomic E-state index is 14.5. The van der Waals surface area contributed by atoms with Gasteiger partial charge < -0.3 is 20.7 Å². The van der Waals surface area contributed by atoms with Crippen LogP contribution in [0.2, 0.25) is 5.02 Å². The molecule has 2 atom stereocenters. The van der Waals surface area contributed by atoms with Gasteiger partial charge in [0.2, 0.25) is 5.91 Å². The lowest BCUT2D eigenvalue weighted by Gasteiger charge is -2.26. The first kappa shape index (κ1) is 21.0. The number of carbonyl (C=O) groups is 3. The van der Waals surface area contributed by atoms with Crippen molar-refractivity contribution in [1.29, 1.82) is 0 Å². The van der Waals surface area contributed by atoms with Gasteiger partial charge in [-0.15, -0.1) is 0 Å². The number of ether oxygens (including phenoxy) is 1. The highest BCUT2D eigenvalue weighted by molar-refractivity contribution is 6.31. The maximum atomic E-state index is 14.5. The first-order valence-electron chi connectivity index (χ1n) is 9.62. The molecule has 31 heavy (non-hydrogen) atoms. The van der Waals surface area contributed by atoms with Gasteiger partial charge >= 0.3 is 6.09 Å². The van der Waals surface area contributed by atoms with Gasteiger partial charge in [0.05, 0.1) is 23.5 Å². The van der Waals surface area contributed by atoms with Crippen molar-refractivity contribution < 1.29 is 27.9 Å². The SMILES string of the molecule is O=C1CC(COC(=O)N[C@H]2CCc3c(C(=O)Nc4ccc(F)c(Cl)c4)ccc(F)c32)N1. The van der Waals surface area contributed by atoms with E-state index in [0.29, 0.717) is 30.5 Å². The van der Waals surface area contributed by atoms with E-state index in [-0.39, 0.29) is 34.7 Å². The monoisotopic (exact) mass is 449 g/mol. The van der Waals surface area contributed by atoms with Crippen LogP contribution in [0, 0.1) is 11.6 Å². The molecule has 0 saturated carbocycles. The molecule has 1 aliphatic carbocycles. The van der Waals surface area contributed by atoms with Crippen molar-refractivity contribution in [3.8, 4) is 0 Å². The number of rotatable bonds is 5. The van der Waals surface area contributed by atoms with Crippen LogP contribution in [0.1, 0.15) is 40.4 Å². The lowest BCUT2D eigenvalue weighted by Crippen LogP contribution is -2.51. The van der Waals surface area contributed by atoms with Gasteiger partial charge in [0.1, 0.15) is 18.2 Å². The van der Waals surface area contributed by atoms with Crippen LogP contribution in [0.25, 0.3) is 0 Å². The first-order chi connectivity index (χ1) is 14.8. The highest BCUT2D eigenvalue weighted by atomic mass is 35.5. The molecule has 1 fully saturated rings. The summed E-state index contributed by atoms with van der Waals surface area (Å²) in [6, 6.07) is 5.47. The summed E-state index contributed by atoms with van der Waals surface area (Å²) in [5, 5.41) is 7.69. The van der Waals surface area contributed by atoms with E-state index in [2.05, 4.69) is 16.0 Å². The maximum Gasteiger partial charge on any atom is 0.407 e. The van der Waals surface area contributed by atoms with E-state index >= 15 is 0 Å². The van der Waals surface area contributed by atoms with Gasteiger partial charge in [0.15, 0.2) is 0 Å². The van der Waals surface area contributed by atoms with Crippen molar-refractivity contribution in [2.45, 2.75) is 31.3 Å². The molecule has 2 aliphatic rings. The minimum atomic E-state index is -0.728. The van der Waals surface area contributed by atoms with Gasteiger partial charge in [-0.1, -0.05) is 11.6 Å². The molecule has 162 valence electrons. The number of carbonyl (C=O) groups excluding carboxylic acids is 3. The van der Waals surface area contributed by atoms with E-state index < -0.39 is 29.7 Å². The molecule has 2 aromatic carbocycles. The van der Waals surface area contributed by atoms with Crippen LogP contribution >= 0.6 is 11.6 Å². The van der Waals surface area contributed by atoms with Crippen LogP contribution in [0.4, 0.5) is 19.3 Å². The molecule has 7 nitrogen and oxygen atoms in total. The lowest BCUT2D eigenvalue weighted by atomic mass is 10.0. The quantitative estimate of drug-likeness (QED) is 0.609. The third-order valence-corrected chi connectivity index (χ3v) is 5.55. The van der Waals surface area contributed by atoms with E-state index in [1.165, 1.54) is 24.3 Å². The molecule has 4 rings (SSSR count). The Balaban J connectivity index is 1.45. The van der Waals surface area contributed by atoms with Gasteiger partial charge in [0, 0.05) is 16.8 Å². The standard InChI is InChI=1S/C21H18ClF2N3O4/c22-14-7-10(1-4-15(14)23)26-20(29)13-2-5-16(24)19-12(13)3-6-17(19)27-21(30)31-9-11-8-18(28)25-11/h1-2,4-5,7,11,17H,3,6,8-9H2,(H,25,28)(H,26,29)(H,27,30)/t11?,17-/m0/s1. The Morgan fingerprint density at radius 2 is 1.94 bits per heavy atom. The van der Waals surface area contributed by atoms with Crippen LogP contribution in [0.5, 0.6) is 0 Å². The second-order valence-corrected chi connectivity index (χ2v) is 7.78. The second-order valence-electron chi connectivity index (χ2n) is 7.37. The number of alkyl carbamates (subject to hydrolysis) is 1. The molecule has 10 heteroatoms. The van der Waals surface area contributed by atoms with Crippen molar-refractivity contribution in [2.75, 3.05) is 11.9 Å². The summed E-state index contributed by atoms with van der Waals surface area (Å²) in [5.74, 6) is -1.74. The molecule has 1 aliphatic heterocycles.